The molecule has 0 saturated carbocycles. The van der Waals surface area contributed by atoms with Crippen LogP contribution in [0, 0.1) is 11.6 Å². The molecule has 1 saturated heterocycles. The van der Waals surface area contributed by atoms with Crippen molar-refractivity contribution in [1.29, 1.82) is 0 Å². The summed E-state index contributed by atoms with van der Waals surface area (Å²) in [6, 6.07) is 12.2. The Labute approximate surface area is 236 Å². The van der Waals surface area contributed by atoms with Gasteiger partial charge in [-0.15, -0.1) is 0 Å². The molecule has 1 fully saturated rings. The van der Waals surface area contributed by atoms with E-state index < -0.39 is 29.1 Å². The summed E-state index contributed by atoms with van der Waals surface area (Å²) in [7, 11) is 0. The number of fused-ring (bicyclic) bond motifs is 1. The average Bonchev–Trinajstić information content (AvgIpc) is 3.27. The van der Waals surface area contributed by atoms with Crippen LogP contribution >= 0.6 is 0 Å². The van der Waals surface area contributed by atoms with E-state index in [1.54, 1.807) is 24.3 Å². The van der Waals surface area contributed by atoms with Crippen molar-refractivity contribution >= 4 is 11.1 Å². The van der Waals surface area contributed by atoms with E-state index in [0.29, 0.717) is 60.0 Å². The van der Waals surface area contributed by atoms with Gasteiger partial charge >= 0.3 is 6.18 Å². The zero-order valence-corrected chi connectivity index (χ0v) is 21.7. The molecule has 0 spiro atoms. The largest absolute Gasteiger partial charge is 0.505 e. The van der Waals surface area contributed by atoms with E-state index >= 15 is 4.39 Å². The number of ether oxygens (including phenoxy) is 1. The summed E-state index contributed by atoms with van der Waals surface area (Å²) in [5.41, 5.74) is 0.612. The van der Waals surface area contributed by atoms with Crippen LogP contribution in [0.3, 0.4) is 0 Å². The first-order valence-corrected chi connectivity index (χ1v) is 13.3. The van der Waals surface area contributed by atoms with Gasteiger partial charge in [-0.1, -0.05) is 31.7 Å². The van der Waals surface area contributed by atoms with E-state index in [4.69, 9.17) is 4.74 Å². The molecule has 2 aliphatic rings. The number of phenols is 1. The van der Waals surface area contributed by atoms with Gasteiger partial charge in [-0.3, -0.25) is 9.29 Å². The van der Waals surface area contributed by atoms with Crippen molar-refractivity contribution in [2.45, 2.75) is 51.8 Å². The van der Waals surface area contributed by atoms with Crippen molar-refractivity contribution in [1.82, 2.24) is 4.90 Å². The number of aromatic hydroxyl groups is 1. The van der Waals surface area contributed by atoms with Crippen LogP contribution in [0.15, 0.2) is 54.6 Å². The fourth-order valence-electron chi connectivity index (χ4n) is 5.70. The van der Waals surface area contributed by atoms with Gasteiger partial charge in [0.05, 0.1) is 12.2 Å². The lowest BCUT2D eigenvalue weighted by molar-refractivity contribution is -0.138. The second-order valence-electron chi connectivity index (χ2n) is 10.2. The van der Waals surface area contributed by atoms with Crippen molar-refractivity contribution in [3.8, 4) is 11.5 Å². The molecule has 1 heterocycles. The Morgan fingerprint density at radius 3 is 2.39 bits per heavy atom. The van der Waals surface area contributed by atoms with Gasteiger partial charge in [0.1, 0.15) is 17.7 Å². The van der Waals surface area contributed by atoms with E-state index in [1.807, 2.05) is 0 Å². The molecule has 0 radical (unpaired) electrons. The number of phenolic OH excluding ortho intramolecular Hbond substituents is 1. The quantitative estimate of drug-likeness (QED) is 0.286. The molecule has 220 valence electrons. The smallest absolute Gasteiger partial charge is 0.417 e. The second kappa shape index (κ2) is 12.6. The van der Waals surface area contributed by atoms with E-state index in [2.05, 4.69) is 4.90 Å². The molecular weight excluding hydrogens is 544 g/mol. The Kier molecular flexibility index (Phi) is 9.37. The number of hydrogen-bond donors (Lipinski definition) is 1. The molecule has 5 rings (SSSR count). The maximum atomic E-state index is 15.1. The Bertz CT molecular complexity index is 1400. The third-order valence-electron chi connectivity index (χ3n) is 7.54. The van der Waals surface area contributed by atoms with Crippen molar-refractivity contribution in [2.75, 3.05) is 26.3 Å². The van der Waals surface area contributed by atoms with Gasteiger partial charge in [0, 0.05) is 19.6 Å². The normalized spacial score (nSPS) is 17.7. The predicted octanol–water partition coefficient (Wildman–Crippen LogP) is 8.43. The average molecular weight is 578 g/mol. The van der Waals surface area contributed by atoms with Gasteiger partial charge in [-0.05, 0) is 95.8 Å². The predicted molar refractivity (Wildman–Crippen MR) is 148 cm³/mol. The van der Waals surface area contributed by atoms with E-state index in [1.165, 1.54) is 12.1 Å². The number of likely N-dealkylation sites (tertiary alicyclic amines) is 1. The van der Waals surface area contributed by atoms with Crippen molar-refractivity contribution in [3.63, 3.8) is 0 Å². The summed E-state index contributed by atoms with van der Waals surface area (Å²) in [4.78, 5) is 2.14. The molecule has 3 aromatic rings. The molecular formula is C32H33F6NO2. The van der Waals surface area contributed by atoms with Crippen LogP contribution in [0.5, 0.6) is 11.5 Å². The first-order chi connectivity index (χ1) is 19.2. The summed E-state index contributed by atoms with van der Waals surface area (Å²) >= 11 is 0. The molecule has 1 N–H and O–H groups in total. The SMILES string of the molecule is C.Oc1ccc2c(c1F)CCCC(c1ccc(F)cc1C(F)(F)F)=C2c1ccc(O[C@H]2CCN(CCCF)C2)cc1. The number of rotatable bonds is 7. The monoisotopic (exact) mass is 577 g/mol. The lowest BCUT2D eigenvalue weighted by atomic mass is 9.86. The topological polar surface area (TPSA) is 32.7 Å². The van der Waals surface area contributed by atoms with Crippen LogP contribution in [-0.4, -0.2) is 42.4 Å². The minimum Gasteiger partial charge on any atom is -0.505 e. The highest BCUT2D eigenvalue weighted by Gasteiger charge is 2.36. The fourth-order valence-corrected chi connectivity index (χ4v) is 5.70. The van der Waals surface area contributed by atoms with Crippen LogP contribution in [-0.2, 0) is 12.6 Å². The first-order valence-electron chi connectivity index (χ1n) is 13.3. The molecule has 0 unspecified atom stereocenters. The minimum absolute atomic E-state index is 0. The second-order valence-corrected chi connectivity index (χ2v) is 10.2. The van der Waals surface area contributed by atoms with Gasteiger partial charge in [0.15, 0.2) is 11.6 Å². The fraction of sp³-hybridized carbons (Fsp3) is 0.375. The first kappa shape index (κ1) is 30.5. The molecule has 0 amide bonds. The zero-order chi connectivity index (χ0) is 28.4. The van der Waals surface area contributed by atoms with Crippen molar-refractivity contribution < 1.29 is 36.2 Å². The molecule has 41 heavy (non-hydrogen) atoms. The lowest BCUT2D eigenvalue weighted by Gasteiger charge is -2.21. The van der Waals surface area contributed by atoms with Gasteiger partial charge in [0.25, 0.3) is 0 Å². The van der Waals surface area contributed by atoms with Crippen molar-refractivity contribution in [2.24, 2.45) is 0 Å². The summed E-state index contributed by atoms with van der Waals surface area (Å²) in [6.45, 7) is 1.79. The Morgan fingerprint density at radius 2 is 1.68 bits per heavy atom. The van der Waals surface area contributed by atoms with Crippen LogP contribution < -0.4 is 4.74 Å². The molecule has 3 nitrogen and oxygen atoms in total. The number of hydrogen-bond acceptors (Lipinski definition) is 3. The highest BCUT2D eigenvalue weighted by molar-refractivity contribution is 6.00. The van der Waals surface area contributed by atoms with Gasteiger partial charge in [-0.2, -0.15) is 13.2 Å². The number of alkyl halides is 4. The third kappa shape index (κ3) is 6.56. The van der Waals surface area contributed by atoms with E-state index in [0.717, 1.165) is 25.1 Å². The summed E-state index contributed by atoms with van der Waals surface area (Å²) in [5.74, 6) is -1.75. The molecule has 9 heteroatoms. The maximum Gasteiger partial charge on any atom is 0.417 e. The Morgan fingerprint density at radius 1 is 0.951 bits per heavy atom. The number of halogens is 6. The van der Waals surface area contributed by atoms with Crippen LogP contribution in [0.2, 0.25) is 0 Å². The van der Waals surface area contributed by atoms with Gasteiger partial charge in [-0.25, -0.2) is 8.78 Å². The Balaban J connectivity index is 0.00000387. The lowest BCUT2D eigenvalue weighted by Crippen LogP contribution is -2.26. The zero-order valence-electron chi connectivity index (χ0n) is 21.7. The number of benzene rings is 3. The third-order valence-corrected chi connectivity index (χ3v) is 7.54. The number of nitrogens with zero attached hydrogens (tertiary/aromatic N) is 1. The van der Waals surface area contributed by atoms with Gasteiger partial charge in [0.2, 0.25) is 0 Å². The summed E-state index contributed by atoms with van der Waals surface area (Å²) in [5, 5.41) is 10.0. The molecule has 1 atom stereocenters. The van der Waals surface area contributed by atoms with E-state index in [-0.39, 0.29) is 44.2 Å². The van der Waals surface area contributed by atoms with Crippen LogP contribution in [0.1, 0.15) is 60.9 Å². The molecule has 3 aromatic carbocycles. The molecule has 0 bridgehead atoms. The molecule has 1 aliphatic carbocycles. The molecule has 0 aromatic heterocycles. The standard InChI is InChI=1S/C31H29F6NO2.CH4/c32-14-2-15-38-16-13-22(18-38)40-21-8-5-19(6-9-21)29-24(23-10-7-20(33)17-27(23)31(35,36)37)3-1-4-26-25(29)11-12-28(39)30(26)34;/h5-12,17,22,39H,1-4,13-16,18H2;1H4/t22-;/m0./s1. The van der Waals surface area contributed by atoms with Crippen molar-refractivity contribution in [3.05, 3.63) is 94.0 Å². The van der Waals surface area contributed by atoms with Gasteiger partial charge < -0.3 is 9.84 Å². The summed E-state index contributed by atoms with van der Waals surface area (Å²) < 4.78 is 89.8. The summed E-state index contributed by atoms with van der Waals surface area (Å²) in [6.07, 6.45) is -2.86. The van der Waals surface area contributed by atoms with Crippen LogP contribution in [0.4, 0.5) is 26.3 Å². The number of allylic oxidation sites excluding steroid dienone is 1. The Hall–Kier alpha value is -3.46. The van der Waals surface area contributed by atoms with Crippen LogP contribution in [0.25, 0.3) is 11.1 Å². The highest BCUT2D eigenvalue weighted by atomic mass is 19.4. The van der Waals surface area contributed by atoms with E-state index in [9.17, 15) is 27.1 Å². The molecule has 1 aliphatic heterocycles. The minimum atomic E-state index is -4.80. The highest BCUT2D eigenvalue weighted by Crippen LogP contribution is 2.45. The maximum absolute atomic E-state index is 15.1.